The first-order chi connectivity index (χ1) is 6.45. The molecular weight excluding hydrogens is 174 g/mol. The number of hydrogen-bond acceptors (Lipinski definition) is 2. The maximum absolute atomic E-state index is 5.90. The molecule has 0 N–H and O–H groups in total. The van der Waals surface area contributed by atoms with E-state index in [0.717, 1.165) is 6.42 Å². The summed E-state index contributed by atoms with van der Waals surface area (Å²) >= 11 is 0. The highest BCUT2D eigenvalue weighted by Gasteiger charge is 2.33. The fourth-order valence-electron chi connectivity index (χ4n) is 1.90. The van der Waals surface area contributed by atoms with Crippen molar-refractivity contribution in [2.24, 2.45) is 0 Å². The van der Waals surface area contributed by atoms with Gasteiger partial charge >= 0.3 is 0 Å². The zero-order valence-electron chi connectivity index (χ0n) is 10.1. The van der Waals surface area contributed by atoms with E-state index in [4.69, 9.17) is 4.84 Å². The molecule has 0 amide bonds. The Labute approximate surface area is 87.9 Å². The van der Waals surface area contributed by atoms with Gasteiger partial charge in [0.15, 0.2) is 0 Å². The van der Waals surface area contributed by atoms with E-state index in [1.165, 1.54) is 6.42 Å². The van der Waals surface area contributed by atoms with E-state index in [1.54, 1.807) is 0 Å². The lowest BCUT2D eigenvalue weighted by Crippen LogP contribution is -2.51. The molecule has 1 saturated heterocycles. The van der Waals surface area contributed by atoms with Gasteiger partial charge in [-0.2, -0.15) is 5.06 Å². The van der Waals surface area contributed by atoms with Crippen molar-refractivity contribution >= 4 is 0 Å². The van der Waals surface area contributed by atoms with Crippen LogP contribution in [0.25, 0.3) is 0 Å². The molecule has 0 radical (unpaired) electrons. The molecular formula is C12H23NO. The van der Waals surface area contributed by atoms with Gasteiger partial charge in [-0.1, -0.05) is 12.2 Å². The molecule has 1 fully saturated rings. The summed E-state index contributed by atoms with van der Waals surface area (Å²) in [6.45, 7) is 10.8. The molecule has 1 aliphatic heterocycles. The van der Waals surface area contributed by atoms with Crippen LogP contribution < -0.4 is 0 Å². The Bertz CT molecular complexity index is 205. The average molecular weight is 197 g/mol. The predicted octanol–water partition coefficient (Wildman–Crippen LogP) is 3.15. The Morgan fingerprint density at radius 1 is 1.29 bits per heavy atom. The van der Waals surface area contributed by atoms with E-state index >= 15 is 0 Å². The molecule has 0 aromatic heterocycles. The first kappa shape index (κ1) is 11.7. The highest BCUT2D eigenvalue weighted by Crippen LogP contribution is 2.28. The standard InChI is InChI=1S/C12H23NO/c1-6-7-11-9-8-10(2)14-13(11)12(3,4)5/h6-7,10-11H,8-9H2,1-5H3/b7-6-. The Morgan fingerprint density at radius 3 is 2.43 bits per heavy atom. The van der Waals surface area contributed by atoms with Crippen LogP contribution in [0.3, 0.4) is 0 Å². The van der Waals surface area contributed by atoms with Crippen molar-refractivity contribution < 1.29 is 4.84 Å². The second kappa shape index (κ2) is 4.45. The zero-order valence-corrected chi connectivity index (χ0v) is 10.1. The van der Waals surface area contributed by atoms with Crippen molar-refractivity contribution in [1.82, 2.24) is 5.06 Å². The normalized spacial score (nSPS) is 31.2. The number of rotatable bonds is 1. The molecule has 0 spiro atoms. The summed E-state index contributed by atoms with van der Waals surface area (Å²) in [5, 5.41) is 2.14. The number of nitrogens with zero attached hydrogens (tertiary/aromatic N) is 1. The van der Waals surface area contributed by atoms with Gasteiger partial charge in [-0.15, -0.1) is 0 Å². The van der Waals surface area contributed by atoms with Gasteiger partial charge in [0.05, 0.1) is 12.1 Å². The number of hydrogen-bond donors (Lipinski definition) is 0. The average Bonchev–Trinajstić information content (AvgIpc) is 2.07. The molecule has 0 bridgehead atoms. The van der Waals surface area contributed by atoms with E-state index in [-0.39, 0.29) is 5.54 Å². The highest BCUT2D eigenvalue weighted by molar-refractivity contribution is 4.95. The van der Waals surface area contributed by atoms with Gasteiger partial charge in [-0.3, -0.25) is 4.84 Å². The quantitative estimate of drug-likeness (QED) is 0.599. The molecule has 1 aliphatic rings. The molecule has 82 valence electrons. The molecule has 14 heavy (non-hydrogen) atoms. The van der Waals surface area contributed by atoms with E-state index in [2.05, 4.69) is 51.8 Å². The van der Waals surface area contributed by atoms with Crippen molar-refractivity contribution in [3.05, 3.63) is 12.2 Å². The van der Waals surface area contributed by atoms with Crippen molar-refractivity contribution in [2.45, 2.75) is 65.1 Å². The Balaban J connectivity index is 2.73. The number of allylic oxidation sites excluding steroid dienone is 1. The van der Waals surface area contributed by atoms with E-state index < -0.39 is 0 Å². The Hall–Kier alpha value is -0.340. The van der Waals surface area contributed by atoms with Crippen LogP contribution in [0.1, 0.15) is 47.5 Å². The molecule has 1 rings (SSSR count). The van der Waals surface area contributed by atoms with Crippen LogP contribution in [-0.4, -0.2) is 22.7 Å². The number of hydroxylamine groups is 2. The Kier molecular flexibility index (Phi) is 3.73. The van der Waals surface area contributed by atoms with Crippen LogP contribution in [-0.2, 0) is 4.84 Å². The van der Waals surface area contributed by atoms with E-state index in [9.17, 15) is 0 Å². The molecule has 1 heterocycles. The lowest BCUT2D eigenvalue weighted by atomic mass is 10.00. The molecule has 2 unspecified atom stereocenters. The molecule has 0 aliphatic carbocycles. The lowest BCUT2D eigenvalue weighted by molar-refractivity contribution is -0.274. The SMILES string of the molecule is C/C=C\C1CCC(C)ON1C(C)(C)C. The summed E-state index contributed by atoms with van der Waals surface area (Å²) in [6, 6.07) is 0.441. The summed E-state index contributed by atoms with van der Waals surface area (Å²) in [6.07, 6.45) is 7.06. The minimum atomic E-state index is 0.0822. The molecule has 2 heteroatoms. The third kappa shape index (κ3) is 2.82. The van der Waals surface area contributed by atoms with Gasteiger partial charge in [0.25, 0.3) is 0 Å². The van der Waals surface area contributed by atoms with Crippen LogP contribution >= 0.6 is 0 Å². The monoisotopic (exact) mass is 197 g/mol. The van der Waals surface area contributed by atoms with Gasteiger partial charge in [-0.05, 0) is 47.5 Å². The minimum Gasteiger partial charge on any atom is -0.295 e. The summed E-state index contributed by atoms with van der Waals surface area (Å²) < 4.78 is 0. The predicted molar refractivity (Wildman–Crippen MR) is 60.0 cm³/mol. The van der Waals surface area contributed by atoms with E-state index in [0.29, 0.717) is 12.1 Å². The first-order valence-electron chi connectivity index (χ1n) is 5.54. The topological polar surface area (TPSA) is 12.5 Å². The van der Waals surface area contributed by atoms with Gasteiger partial charge in [0.1, 0.15) is 0 Å². The zero-order chi connectivity index (χ0) is 10.8. The molecule has 2 atom stereocenters. The summed E-state index contributed by atoms with van der Waals surface area (Å²) in [5.41, 5.74) is 0.0822. The fourth-order valence-corrected chi connectivity index (χ4v) is 1.90. The van der Waals surface area contributed by atoms with Crippen LogP contribution in [0.2, 0.25) is 0 Å². The van der Waals surface area contributed by atoms with Crippen LogP contribution in [0.4, 0.5) is 0 Å². The van der Waals surface area contributed by atoms with Crippen molar-refractivity contribution in [1.29, 1.82) is 0 Å². The fraction of sp³-hybridized carbons (Fsp3) is 0.833. The van der Waals surface area contributed by atoms with Gasteiger partial charge < -0.3 is 0 Å². The maximum Gasteiger partial charge on any atom is 0.0766 e. The lowest BCUT2D eigenvalue weighted by Gasteiger charge is -2.44. The third-order valence-electron chi connectivity index (χ3n) is 2.54. The van der Waals surface area contributed by atoms with Crippen LogP contribution in [0.5, 0.6) is 0 Å². The van der Waals surface area contributed by atoms with Crippen molar-refractivity contribution in [2.75, 3.05) is 0 Å². The van der Waals surface area contributed by atoms with Gasteiger partial charge in [0.2, 0.25) is 0 Å². The molecule has 0 saturated carbocycles. The van der Waals surface area contributed by atoms with Crippen LogP contribution in [0, 0.1) is 0 Å². The molecule has 0 aromatic rings. The summed E-state index contributed by atoms with van der Waals surface area (Å²) in [5.74, 6) is 0. The van der Waals surface area contributed by atoms with E-state index in [1.807, 2.05) is 0 Å². The van der Waals surface area contributed by atoms with Crippen molar-refractivity contribution in [3.8, 4) is 0 Å². The largest absolute Gasteiger partial charge is 0.295 e. The summed E-state index contributed by atoms with van der Waals surface area (Å²) in [4.78, 5) is 5.90. The summed E-state index contributed by atoms with van der Waals surface area (Å²) in [7, 11) is 0. The highest BCUT2D eigenvalue weighted by atomic mass is 16.7. The third-order valence-corrected chi connectivity index (χ3v) is 2.54. The molecule has 0 aromatic carbocycles. The van der Waals surface area contributed by atoms with Crippen LogP contribution in [0.15, 0.2) is 12.2 Å². The first-order valence-corrected chi connectivity index (χ1v) is 5.54. The smallest absolute Gasteiger partial charge is 0.0766 e. The molecule has 2 nitrogen and oxygen atoms in total. The second-order valence-electron chi connectivity index (χ2n) is 5.08. The van der Waals surface area contributed by atoms with Gasteiger partial charge in [-0.25, -0.2) is 0 Å². The van der Waals surface area contributed by atoms with Gasteiger partial charge in [0, 0.05) is 5.54 Å². The minimum absolute atomic E-state index is 0.0822. The Morgan fingerprint density at radius 2 is 1.93 bits per heavy atom. The second-order valence-corrected chi connectivity index (χ2v) is 5.08. The van der Waals surface area contributed by atoms with Crippen molar-refractivity contribution in [3.63, 3.8) is 0 Å². The maximum atomic E-state index is 5.90.